The van der Waals surface area contributed by atoms with E-state index in [1.807, 2.05) is 12.1 Å². The van der Waals surface area contributed by atoms with Crippen LogP contribution in [0.3, 0.4) is 0 Å². The van der Waals surface area contributed by atoms with Gasteiger partial charge in [0.05, 0.1) is 5.56 Å². The van der Waals surface area contributed by atoms with Gasteiger partial charge in [-0.05, 0) is 62.3 Å². The van der Waals surface area contributed by atoms with E-state index in [0.717, 1.165) is 63.7 Å². The minimum Gasteiger partial charge on any atom is -0.507 e. The molecule has 1 aliphatic carbocycles. The molecule has 8 heteroatoms. The molecule has 29 heavy (non-hydrogen) atoms. The molecule has 2 heterocycles. The smallest absolute Gasteiger partial charge is 0.296 e. The number of phenolic OH excluding ortho intramolecular Hbond substituents is 1. The summed E-state index contributed by atoms with van der Waals surface area (Å²) >= 11 is 0. The first-order chi connectivity index (χ1) is 14.1. The van der Waals surface area contributed by atoms with Gasteiger partial charge in [0.1, 0.15) is 5.75 Å². The fourth-order valence-electron chi connectivity index (χ4n) is 4.48. The van der Waals surface area contributed by atoms with Gasteiger partial charge in [-0.2, -0.15) is 0 Å². The summed E-state index contributed by atoms with van der Waals surface area (Å²) in [6.07, 6.45) is 5.63. The molecule has 1 atom stereocenters. The van der Waals surface area contributed by atoms with Crippen molar-refractivity contribution in [3.63, 3.8) is 0 Å². The number of aromatic nitrogens is 3. The topological polar surface area (TPSA) is 104 Å². The number of phenols is 1. The zero-order valence-electron chi connectivity index (χ0n) is 16.9. The molecule has 4 rings (SSSR count). The van der Waals surface area contributed by atoms with Gasteiger partial charge in [0.2, 0.25) is 5.82 Å². The Kier molecular flexibility index (Phi) is 5.82. The van der Waals surface area contributed by atoms with Gasteiger partial charge in [0, 0.05) is 32.8 Å². The van der Waals surface area contributed by atoms with Crippen molar-refractivity contribution in [3.8, 4) is 17.1 Å². The summed E-state index contributed by atoms with van der Waals surface area (Å²) in [7, 11) is 1.67. The van der Waals surface area contributed by atoms with Gasteiger partial charge in [-0.1, -0.05) is 6.07 Å². The molecule has 0 bridgehead atoms. The third-order valence-electron chi connectivity index (χ3n) is 6.04. The lowest BCUT2D eigenvalue weighted by Gasteiger charge is -2.33. The van der Waals surface area contributed by atoms with Crippen LogP contribution in [0.2, 0.25) is 0 Å². The van der Waals surface area contributed by atoms with Crippen LogP contribution in [-0.4, -0.2) is 62.2 Å². The van der Waals surface area contributed by atoms with Crippen LogP contribution < -0.4 is 10.9 Å². The summed E-state index contributed by atoms with van der Waals surface area (Å²) in [4.78, 5) is 15.2. The van der Waals surface area contributed by atoms with Crippen molar-refractivity contribution >= 4 is 5.82 Å². The number of likely N-dealkylation sites (tertiary alicyclic amines) is 1. The van der Waals surface area contributed by atoms with E-state index in [9.17, 15) is 9.90 Å². The van der Waals surface area contributed by atoms with Crippen LogP contribution in [0.15, 0.2) is 16.9 Å². The van der Waals surface area contributed by atoms with E-state index in [1.54, 1.807) is 7.05 Å². The van der Waals surface area contributed by atoms with E-state index in [1.165, 1.54) is 10.1 Å². The first-order valence-corrected chi connectivity index (χ1v) is 10.5. The molecule has 0 unspecified atom stereocenters. The number of aryl methyl sites for hydroxylation is 1. The average molecular weight is 399 g/mol. The second-order valence-corrected chi connectivity index (χ2v) is 8.05. The Hall–Kier alpha value is -2.45. The maximum Gasteiger partial charge on any atom is 0.296 e. The van der Waals surface area contributed by atoms with Gasteiger partial charge < -0.3 is 20.4 Å². The molecule has 8 nitrogen and oxygen atoms in total. The van der Waals surface area contributed by atoms with Gasteiger partial charge >= 0.3 is 0 Å². The highest BCUT2D eigenvalue weighted by Crippen LogP contribution is 2.37. The van der Waals surface area contributed by atoms with Crippen molar-refractivity contribution in [2.75, 3.05) is 31.6 Å². The van der Waals surface area contributed by atoms with Crippen LogP contribution >= 0.6 is 0 Å². The van der Waals surface area contributed by atoms with Crippen molar-refractivity contribution < 1.29 is 10.2 Å². The van der Waals surface area contributed by atoms with Crippen molar-refractivity contribution in [1.82, 2.24) is 19.7 Å². The molecule has 0 spiro atoms. The Balaban J connectivity index is 1.55. The number of nitrogens with zero attached hydrogens (tertiary/aromatic N) is 4. The molecule has 156 valence electrons. The molecule has 1 fully saturated rings. The van der Waals surface area contributed by atoms with Gasteiger partial charge in [-0.25, -0.2) is 0 Å². The number of aliphatic hydroxyl groups is 1. The largest absolute Gasteiger partial charge is 0.507 e. The molecule has 2 aliphatic rings. The van der Waals surface area contributed by atoms with Crippen molar-refractivity contribution in [2.24, 2.45) is 7.05 Å². The Morgan fingerprint density at radius 3 is 2.93 bits per heavy atom. The maximum atomic E-state index is 12.9. The quantitative estimate of drug-likeness (QED) is 0.673. The molecular weight excluding hydrogens is 370 g/mol. The number of fused-ring (bicyclic) bond motifs is 1. The van der Waals surface area contributed by atoms with Gasteiger partial charge in [0.25, 0.3) is 5.56 Å². The number of nitrogens with one attached hydrogen (secondary N) is 1. The monoisotopic (exact) mass is 399 g/mol. The second-order valence-electron chi connectivity index (χ2n) is 8.05. The Bertz CT molecular complexity index is 943. The zero-order valence-corrected chi connectivity index (χ0v) is 16.9. The van der Waals surface area contributed by atoms with Gasteiger partial charge in [-0.15, -0.1) is 10.2 Å². The summed E-state index contributed by atoms with van der Waals surface area (Å²) in [5.74, 6) is 0.837. The number of hydrogen-bond donors (Lipinski definition) is 3. The Morgan fingerprint density at radius 2 is 2.10 bits per heavy atom. The number of anilines is 1. The molecule has 0 amide bonds. The van der Waals surface area contributed by atoms with Crippen molar-refractivity contribution in [2.45, 2.75) is 44.6 Å². The molecule has 1 saturated heterocycles. The van der Waals surface area contributed by atoms with E-state index in [-0.39, 0.29) is 29.8 Å². The standard InChI is InChI=1S/C21H29N5O3/c1-25-20(17-9-8-14-5-2-7-16(14)18(17)28)24-23-19(21(25)29)22-15-6-3-10-26(13-15)11-4-12-27/h8-9,15,27-28H,2-7,10-13H2,1H3,(H,22,23)/t15-/m1/s1. The highest BCUT2D eigenvalue weighted by molar-refractivity contribution is 5.68. The third kappa shape index (κ3) is 4.00. The van der Waals surface area contributed by atoms with E-state index in [0.29, 0.717) is 11.4 Å². The van der Waals surface area contributed by atoms with E-state index < -0.39 is 0 Å². The summed E-state index contributed by atoms with van der Waals surface area (Å²) in [6, 6.07) is 3.97. The number of benzene rings is 1. The average Bonchev–Trinajstić information content (AvgIpc) is 3.21. The summed E-state index contributed by atoms with van der Waals surface area (Å²) in [5, 5.41) is 31.4. The Morgan fingerprint density at radius 1 is 1.24 bits per heavy atom. The molecule has 0 radical (unpaired) electrons. The third-order valence-corrected chi connectivity index (χ3v) is 6.04. The fourth-order valence-corrected chi connectivity index (χ4v) is 4.48. The van der Waals surface area contributed by atoms with Crippen molar-refractivity contribution in [3.05, 3.63) is 33.6 Å². The molecule has 1 aliphatic heterocycles. The normalized spacial score (nSPS) is 19.3. The number of hydrogen-bond acceptors (Lipinski definition) is 7. The highest BCUT2D eigenvalue weighted by atomic mass is 16.3. The minimum absolute atomic E-state index is 0.128. The number of aliphatic hydroxyl groups excluding tert-OH is 1. The number of rotatable bonds is 6. The minimum atomic E-state index is -0.248. The SMILES string of the molecule is Cn1c(-c2ccc3c(c2O)CCC3)nnc(N[C@@H]2CCCN(CCCO)C2)c1=O. The lowest BCUT2D eigenvalue weighted by atomic mass is 10.0. The second kappa shape index (κ2) is 8.51. The molecule has 0 saturated carbocycles. The lowest BCUT2D eigenvalue weighted by molar-refractivity contribution is 0.190. The predicted octanol–water partition coefficient (Wildman–Crippen LogP) is 1.30. The van der Waals surface area contributed by atoms with E-state index in [2.05, 4.69) is 20.4 Å². The molecule has 1 aromatic carbocycles. The molecule has 2 aromatic rings. The van der Waals surface area contributed by atoms with Crippen LogP contribution in [-0.2, 0) is 19.9 Å². The van der Waals surface area contributed by atoms with Crippen LogP contribution in [0.25, 0.3) is 11.4 Å². The van der Waals surface area contributed by atoms with E-state index >= 15 is 0 Å². The molecular formula is C21H29N5O3. The number of aromatic hydroxyl groups is 1. The number of piperidine rings is 1. The van der Waals surface area contributed by atoms with Gasteiger partial charge in [-0.3, -0.25) is 9.36 Å². The zero-order chi connectivity index (χ0) is 20.4. The fraction of sp³-hybridized carbons (Fsp3) is 0.571. The highest BCUT2D eigenvalue weighted by Gasteiger charge is 2.23. The molecule has 1 aromatic heterocycles. The maximum absolute atomic E-state index is 12.9. The summed E-state index contributed by atoms with van der Waals surface area (Å²) in [5.41, 5.74) is 2.44. The van der Waals surface area contributed by atoms with Gasteiger partial charge in [0.15, 0.2) is 5.82 Å². The van der Waals surface area contributed by atoms with Crippen LogP contribution in [0.4, 0.5) is 5.82 Å². The van der Waals surface area contributed by atoms with Crippen LogP contribution in [0, 0.1) is 0 Å². The first kappa shape index (κ1) is 19.8. The lowest BCUT2D eigenvalue weighted by Crippen LogP contribution is -2.44. The Labute approximate surface area is 170 Å². The summed E-state index contributed by atoms with van der Waals surface area (Å²) < 4.78 is 1.46. The van der Waals surface area contributed by atoms with Crippen LogP contribution in [0.5, 0.6) is 5.75 Å². The summed E-state index contributed by atoms with van der Waals surface area (Å²) in [6.45, 7) is 2.88. The van der Waals surface area contributed by atoms with Crippen LogP contribution in [0.1, 0.15) is 36.8 Å². The van der Waals surface area contributed by atoms with E-state index in [4.69, 9.17) is 5.11 Å². The predicted molar refractivity (Wildman–Crippen MR) is 111 cm³/mol. The van der Waals surface area contributed by atoms with Crippen molar-refractivity contribution in [1.29, 1.82) is 0 Å². The molecule has 3 N–H and O–H groups in total. The first-order valence-electron chi connectivity index (χ1n) is 10.5.